The first-order valence-electron chi connectivity index (χ1n) is 17.6. The van der Waals surface area contributed by atoms with Crippen molar-refractivity contribution in [1.29, 1.82) is 0 Å². The maximum atomic E-state index is 2.55. The summed E-state index contributed by atoms with van der Waals surface area (Å²) in [7, 11) is 0. The molecular formula is C44H40BN3. The quantitative estimate of drug-likeness (QED) is 0.206. The molecule has 5 aliphatic rings. The summed E-state index contributed by atoms with van der Waals surface area (Å²) in [6.45, 7) is 4.70. The van der Waals surface area contributed by atoms with Crippen LogP contribution in [0.2, 0.25) is 0 Å². The Morgan fingerprint density at radius 3 is 2.17 bits per heavy atom. The fourth-order valence-electron chi connectivity index (χ4n) is 8.40. The Morgan fingerprint density at radius 1 is 0.646 bits per heavy atom. The molecular weight excluding hydrogens is 581 g/mol. The van der Waals surface area contributed by atoms with Gasteiger partial charge in [0.1, 0.15) is 0 Å². The molecule has 4 heteroatoms. The molecule has 2 heterocycles. The number of hydrogen-bond acceptors (Lipinski definition) is 3. The largest absolute Gasteiger partial charge is 0.314 e. The van der Waals surface area contributed by atoms with Gasteiger partial charge in [-0.1, -0.05) is 91.9 Å². The Balaban J connectivity index is 1.30. The smallest absolute Gasteiger partial charge is 0.252 e. The zero-order chi connectivity index (χ0) is 32.2. The first-order chi connectivity index (χ1) is 23.7. The molecule has 0 spiro atoms. The van der Waals surface area contributed by atoms with Crippen LogP contribution in [-0.4, -0.2) is 6.71 Å². The van der Waals surface area contributed by atoms with Crippen molar-refractivity contribution >= 4 is 57.2 Å². The highest BCUT2D eigenvalue weighted by molar-refractivity contribution is 7.00. The van der Waals surface area contributed by atoms with Crippen LogP contribution in [0.3, 0.4) is 0 Å². The van der Waals surface area contributed by atoms with E-state index >= 15 is 0 Å². The Morgan fingerprint density at radius 2 is 1.38 bits per heavy atom. The van der Waals surface area contributed by atoms with Gasteiger partial charge in [0.25, 0.3) is 6.71 Å². The first-order valence-corrected chi connectivity index (χ1v) is 17.6. The van der Waals surface area contributed by atoms with Crippen molar-refractivity contribution in [2.75, 3.05) is 14.7 Å². The van der Waals surface area contributed by atoms with Crippen molar-refractivity contribution in [3.63, 3.8) is 0 Å². The lowest BCUT2D eigenvalue weighted by molar-refractivity contribution is 0.726. The van der Waals surface area contributed by atoms with Gasteiger partial charge in [0.2, 0.25) is 0 Å². The number of fused-ring (bicyclic) bond motifs is 4. The minimum Gasteiger partial charge on any atom is -0.314 e. The number of nitrogens with zero attached hydrogens (tertiary/aromatic N) is 3. The van der Waals surface area contributed by atoms with E-state index < -0.39 is 0 Å². The summed E-state index contributed by atoms with van der Waals surface area (Å²) in [6, 6.07) is 34.2. The second kappa shape index (κ2) is 11.8. The van der Waals surface area contributed by atoms with Crippen LogP contribution in [0.4, 0.5) is 34.1 Å². The van der Waals surface area contributed by atoms with E-state index in [0.717, 1.165) is 32.1 Å². The van der Waals surface area contributed by atoms with Crippen molar-refractivity contribution in [3.05, 3.63) is 162 Å². The van der Waals surface area contributed by atoms with Crippen LogP contribution in [0.5, 0.6) is 0 Å². The predicted octanol–water partition coefficient (Wildman–Crippen LogP) is 9.58. The number of rotatable bonds is 5. The lowest BCUT2D eigenvalue weighted by Crippen LogP contribution is -2.62. The number of hydrogen-bond donors (Lipinski definition) is 0. The molecule has 9 rings (SSSR count). The fourth-order valence-corrected chi connectivity index (χ4v) is 8.40. The van der Waals surface area contributed by atoms with E-state index in [1.54, 1.807) is 0 Å². The van der Waals surface area contributed by atoms with E-state index in [0.29, 0.717) is 5.92 Å². The molecule has 0 aromatic heterocycles. The van der Waals surface area contributed by atoms with Crippen molar-refractivity contribution in [3.8, 4) is 0 Å². The van der Waals surface area contributed by atoms with Crippen molar-refractivity contribution in [2.45, 2.75) is 46.0 Å². The van der Waals surface area contributed by atoms with Crippen molar-refractivity contribution in [1.82, 2.24) is 0 Å². The molecule has 1 unspecified atom stereocenters. The Hall–Kier alpha value is -5.22. The minimum atomic E-state index is 0.131. The second-order valence-electron chi connectivity index (χ2n) is 13.7. The molecule has 0 saturated heterocycles. The summed E-state index contributed by atoms with van der Waals surface area (Å²) in [5, 5.41) is 0. The van der Waals surface area contributed by atoms with Crippen molar-refractivity contribution < 1.29 is 0 Å². The molecule has 3 nitrogen and oxygen atoms in total. The summed E-state index contributed by atoms with van der Waals surface area (Å²) < 4.78 is 0. The van der Waals surface area contributed by atoms with Gasteiger partial charge in [-0.15, -0.1) is 0 Å². The third-order valence-corrected chi connectivity index (χ3v) is 10.5. The van der Waals surface area contributed by atoms with Gasteiger partial charge >= 0.3 is 0 Å². The van der Waals surface area contributed by atoms with Gasteiger partial charge in [-0.3, -0.25) is 0 Å². The van der Waals surface area contributed by atoms with Gasteiger partial charge in [0, 0.05) is 51.2 Å². The van der Waals surface area contributed by atoms with E-state index in [9.17, 15) is 0 Å². The molecule has 2 aliphatic heterocycles. The third kappa shape index (κ3) is 4.65. The maximum Gasteiger partial charge on any atom is 0.252 e. The first kappa shape index (κ1) is 29.0. The van der Waals surface area contributed by atoms with Crippen LogP contribution in [-0.2, 0) is 0 Å². The summed E-state index contributed by atoms with van der Waals surface area (Å²) in [5.41, 5.74) is 16.8. The molecule has 0 amide bonds. The van der Waals surface area contributed by atoms with E-state index in [2.05, 4.69) is 168 Å². The molecule has 0 N–H and O–H groups in total. The van der Waals surface area contributed by atoms with Gasteiger partial charge in [0.05, 0.1) is 0 Å². The fraction of sp³-hybridized carbons (Fsp3) is 0.182. The minimum absolute atomic E-state index is 0.131. The van der Waals surface area contributed by atoms with Crippen LogP contribution >= 0.6 is 0 Å². The maximum absolute atomic E-state index is 2.55. The predicted molar refractivity (Wildman–Crippen MR) is 205 cm³/mol. The molecule has 0 saturated carbocycles. The molecule has 0 fully saturated rings. The summed E-state index contributed by atoms with van der Waals surface area (Å²) in [6.07, 6.45) is 24.1. The van der Waals surface area contributed by atoms with E-state index in [-0.39, 0.29) is 6.71 Å². The zero-order valence-corrected chi connectivity index (χ0v) is 27.8. The van der Waals surface area contributed by atoms with Crippen LogP contribution in [0.25, 0.3) is 0 Å². The molecule has 234 valence electrons. The highest BCUT2D eigenvalue weighted by atomic mass is 15.2. The van der Waals surface area contributed by atoms with E-state index in [4.69, 9.17) is 0 Å². The Kier molecular flexibility index (Phi) is 7.11. The van der Waals surface area contributed by atoms with Gasteiger partial charge in [-0.2, -0.15) is 0 Å². The Bertz CT molecular complexity index is 2110. The summed E-state index contributed by atoms with van der Waals surface area (Å²) in [5.74, 6) is 0.508. The number of allylic oxidation sites excluding steroid dienone is 10. The molecule has 1 atom stereocenters. The van der Waals surface area contributed by atoms with E-state index in [1.165, 1.54) is 73.2 Å². The monoisotopic (exact) mass is 621 g/mol. The summed E-state index contributed by atoms with van der Waals surface area (Å²) in [4.78, 5) is 7.56. The third-order valence-electron chi connectivity index (χ3n) is 10.5. The van der Waals surface area contributed by atoms with Crippen LogP contribution < -0.4 is 31.1 Å². The van der Waals surface area contributed by atoms with Crippen LogP contribution in [0.1, 0.15) is 46.0 Å². The van der Waals surface area contributed by atoms with Gasteiger partial charge in [-0.25, -0.2) is 0 Å². The molecule has 0 bridgehead atoms. The van der Waals surface area contributed by atoms with Gasteiger partial charge in [0.15, 0.2) is 0 Å². The normalized spacial score (nSPS) is 19.0. The lowest BCUT2D eigenvalue weighted by Gasteiger charge is -2.45. The highest BCUT2D eigenvalue weighted by Crippen LogP contribution is 2.44. The highest BCUT2D eigenvalue weighted by Gasteiger charge is 2.43. The topological polar surface area (TPSA) is 9.72 Å². The standard InChI is InChI=1S/C44H40BN3/c1-31-15-13-21-35(29-31)48-40-24-12-10-22-37(40)45-38-28-27-36(46(33-17-5-3-6-18-33)39-23-11-9-16-32(39)2)30-43(38)47(34-19-7-4-8-20-34)41-25-14-26-42(48)44(41)45/h3,5-7,9-10,12-14,16-22,24-31H,4,8,11,15,23H2,1-2H3. The summed E-state index contributed by atoms with van der Waals surface area (Å²) >= 11 is 0. The number of benzene rings is 4. The molecule has 0 radical (unpaired) electrons. The lowest BCUT2D eigenvalue weighted by atomic mass is 9.33. The number of para-hydroxylation sites is 2. The van der Waals surface area contributed by atoms with E-state index in [1.807, 2.05) is 0 Å². The SMILES string of the molecule is CC1=C(N(c2ccccc2)c2ccc3c(c2)N(C2=CCCC=C2)c2cccc4c2B3c2ccccc2N4C2=CC(C)CC=C2)CCC=C1. The second-order valence-corrected chi connectivity index (χ2v) is 13.7. The molecule has 48 heavy (non-hydrogen) atoms. The zero-order valence-electron chi connectivity index (χ0n) is 27.8. The van der Waals surface area contributed by atoms with Crippen LogP contribution in [0.15, 0.2) is 162 Å². The molecule has 4 aromatic rings. The van der Waals surface area contributed by atoms with Crippen LogP contribution in [0, 0.1) is 5.92 Å². The molecule has 3 aliphatic carbocycles. The van der Waals surface area contributed by atoms with Gasteiger partial charge < -0.3 is 14.7 Å². The average molecular weight is 622 g/mol. The van der Waals surface area contributed by atoms with Gasteiger partial charge in [-0.05, 0) is 122 Å². The number of anilines is 6. The molecule has 4 aromatic carbocycles. The van der Waals surface area contributed by atoms with Crippen molar-refractivity contribution in [2.24, 2.45) is 5.92 Å². The Labute approximate surface area is 285 Å². The average Bonchev–Trinajstić information content (AvgIpc) is 3.13.